The molecule has 1 amide bonds. The number of carbonyl (C=O) groups is 1. The van der Waals surface area contributed by atoms with E-state index in [9.17, 15) is 19.7 Å². The van der Waals surface area contributed by atoms with Gasteiger partial charge in [-0.25, -0.2) is 4.98 Å². The molecule has 10 nitrogen and oxygen atoms in total. The Labute approximate surface area is 155 Å². The van der Waals surface area contributed by atoms with Crippen LogP contribution in [0.15, 0.2) is 29.2 Å². The zero-order valence-electron chi connectivity index (χ0n) is 15.1. The third-order valence-corrected chi connectivity index (χ3v) is 4.50. The van der Waals surface area contributed by atoms with E-state index in [0.29, 0.717) is 44.8 Å². The highest BCUT2D eigenvalue weighted by molar-refractivity contribution is 5.77. The van der Waals surface area contributed by atoms with Gasteiger partial charge in [-0.15, -0.1) is 0 Å². The van der Waals surface area contributed by atoms with Crippen LogP contribution in [0, 0.1) is 10.1 Å². The first kappa shape index (κ1) is 18.8. The quantitative estimate of drug-likeness (QED) is 0.589. The maximum atomic E-state index is 12.6. The molecule has 0 saturated carbocycles. The number of hydrogen-bond donors (Lipinski definition) is 1. The molecule has 1 N–H and O–H groups in total. The van der Waals surface area contributed by atoms with Crippen molar-refractivity contribution >= 4 is 23.1 Å². The Kier molecular flexibility index (Phi) is 5.65. The zero-order chi connectivity index (χ0) is 19.4. The number of likely N-dealkylation sites (N-methyl/N-ethyl adjacent to an activating group) is 1. The van der Waals surface area contributed by atoms with E-state index in [1.165, 1.54) is 10.6 Å². The Balaban J connectivity index is 1.89. The highest BCUT2D eigenvalue weighted by Gasteiger charge is 2.29. The summed E-state index contributed by atoms with van der Waals surface area (Å²) in [5.74, 6) is 0.0510. The molecule has 0 aliphatic carbocycles. The predicted molar refractivity (Wildman–Crippen MR) is 100 cm³/mol. The number of carbonyl (C=O) groups excluding carboxylic acids is 1. The number of aromatic nitrogens is 2. The van der Waals surface area contributed by atoms with Crippen LogP contribution in [0.2, 0.25) is 0 Å². The molecule has 3 heterocycles. The lowest BCUT2D eigenvalue weighted by molar-refractivity contribution is -0.385. The smallest absolute Gasteiger partial charge is 0.355 e. The Hall–Kier alpha value is -3.01. The summed E-state index contributed by atoms with van der Waals surface area (Å²) in [5, 5.41) is 14.3. The number of nitrogens with one attached hydrogen (secondary N) is 1. The molecule has 0 bridgehead atoms. The van der Waals surface area contributed by atoms with Crippen molar-refractivity contribution in [2.75, 3.05) is 44.2 Å². The minimum Gasteiger partial charge on any atom is -0.355 e. The van der Waals surface area contributed by atoms with Gasteiger partial charge in [0.1, 0.15) is 5.65 Å². The van der Waals surface area contributed by atoms with E-state index in [1.54, 1.807) is 23.1 Å². The molecule has 1 aliphatic heterocycles. The largest absolute Gasteiger partial charge is 0.376 e. The third kappa shape index (κ3) is 4.05. The summed E-state index contributed by atoms with van der Waals surface area (Å²) < 4.78 is 1.18. The van der Waals surface area contributed by atoms with Crippen LogP contribution in [0.3, 0.4) is 0 Å². The predicted octanol–water partition coefficient (Wildman–Crippen LogP) is 0.251. The van der Waals surface area contributed by atoms with Gasteiger partial charge in [0, 0.05) is 38.9 Å². The number of anilines is 1. The van der Waals surface area contributed by atoms with Crippen molar-refractivity contribution in [1.82, 2.24) is 19.6 Å². The summed E-state index contributed by atoms with van der Waals surface area (Å²) in [6.07, 6.45) is 2.18. The van der Waals surface area contributed by atoms with Gasteiger partial charge in [0.15, 0.2) is 0 Å². The molecular weight excluding hydrogens is 352 g/mol. The van der Waals surface area contributed by atoms with Gasteiger partial charge in [0.2, 0.25) is 11.7 Å². The van der Waals surface area contributed by atoms with Gasteiger partial charge < -0.3 is 10.2 Å². The van der Waals surface area contributed by atoms with Crippen LogP contribution < -0.4 is 15.8 Å². The second-order valence-electron chi connectivity index (χ2n) is 6.35. The Morgan fingerprint density at radius 3 is 2.85 bits per heavy atom. The van der Waals surface area contributed by atoms with Gasteiger partial charge in [0.05, 0.1) is 11.5 Å². The number of nitrogens with zero attached hydrogens (tertiary/aromatic N) is 5. The number of amides is 1. The number of fused-ring (bicyclic) bond motifs is 1. The molecule has 144 valence electrons. The standard InChI is InChI=1S/C17H22N6O4/c1-2-18-14(24)12-20-7-5-8-21(11-10-20)16-15(23(26)27)17(25)22-9-4-3-6-13(22)19-16/h3-4,6,9H,2,5,7-8,10-12H2,1H3,(H,18,24). The maximum Gasteiger partial charge on any atom is 0.376 e. The van der Waals surface area contributed by atoms with Gasteiger partial charge in [-0.2, -0.15) is 0 Å². The minimum atomic E-state index is -0.691. The molecule has 2 aromatic rings. The van der Waals surface area contributed by atoms with Crippen molar-refractivity contribution in [3.63, 3.8) is 0 Å². The van der Waals surface area contributed by atoms with E-state index in [1.807, 2.05) is 11.8 Å². The summed E-state index contributed by atoms with van der Waals surface area (Å²) in [4.78, 5) is 43.4. The van der Waals surface area contributed by atoms with E-state index < -0.39 is 16.2 Å². The van der Waals surface area contributed by atoms with Gasteiger partial charge in [0.25, 0.3) is 0 Å². The fourth-order valence-corrected chi connectivity index (χ4v) is 3.25. The van der Waals surface area contributed by atoms with E-state index in [0.717, 1.165) is 0 Å². The summed E-state index contributed by atoms with van der Waals surface area (Å²) in [5.41, 5.74) is -0.841. The molecule has 0 aromatic carbocycles. The van der Waals surface area contributed by atoms with Gasteiger partial charge in [-0.05, 0) is 25.5 Å². The van der Waals surface area contributed by atoms with Crippen LogP contribution in [0.4, 0.5) is 11.5 Å². The summed E-state index contributed by atoms with van der Waals surface area (Å²) in [7, 11) is 0. The Morgan fingerprint density at radius 2 is 2.11 bits per heavy atom. The molecule has 27 heavy (non-hydrogen) atoms. The van der Waals surface area contributed by atoms with E-state index in [-0.39, 0.29) is 18.3 Å². The highest BCUT2D eigenvalue weighted by atomic mass is 16.6. The molecule has 0 unspecified atom stereocenters. The monoisotopic (exact) mass is 374 g/mol. The average Bonchev–Trinajstić information content (AvgIpc) is 2.87. The van der Waals surface area contributed by atoms with E-state index in [4.69, 9.17) is 0 Å². The normalized spacial score (nSPS) is 15.5. The first-order valence-corrected chi connectivity index (χ1v) is 8.91. The van der Waals surface area contributed by atoms with Crippen LogP contribution in [0.1, 0.15) is 13.3 Å². The zero-order valence-corrected chi connectivity index (χ0v) is 15.1. The minimum absolute atomic E-state index is 0.0426. The Bertz CT molecular complexity index is 912. The lowest BCUT2D eigenvalue weighted by atomic mass is 10.3. The van der Waals surface area contributed by atoms with Gasteiger partial charge >= 0.3 is 11.2 Å². The van der Waals surface area contributed by atoms with Crippen molar-refractivity contribution in [3.8, 4) is 0 Å². The SMILES string of the molecule is CCNC(=O)CN1CCCN(c2nc3ccccn3c(=O)c2[N+](=O)[O-])CC1. The molecule has 3 rings (SSSR count). The van der Waals surface area contributed by atoms with Crippen molar-refractivity contribution in [2.24, 2.45) is 0 Å². The van der Waals surface area contributed by atoms with Crippen LogP contribution in [-0.4, -0.2) is 64.4 Å². The second-order valence-corrected chi connectivity index (χ2v) is 6.35. The molecule has 0 atom stereocenters. The average molecular weight is 374 g/mol. The van der Waals surface area contributed by atoms with Crippen LogP contribution in [0.25, 0.3) is 5.65 Å². The van der Waals surface area contributed by atoms with Crippen LogP contribution in [-0.2, 0) is 4.79 Å². The van der Waals surface area contributed by atoms with Gasteiger partial charge in [-0.3, -0.25) is 29.0 Å². The molecule has 1 aliphatic rings. The second kappa shape index (κ2) is 8.12. The fraction of sp³-hybridized carbons (Fsp3) is 0.471. The first-order valence-electron chi connectivity index (χ1n) is 8.91. The summed E-state index contributed by atoms with van der Waals surface area (Å²) in [6, 6.07) is 5.01. The lowest BCUT2D eigenvalue weighted by Gasteiger charge is -2.22. The number of nitro groups is 1. The third-order valence-electron chi connectivity index (χ3n) is 4.50. The molecule has 10 heteroatoms. The molecular formula is C17H22N6O4. The molecule has 1 saturated heterocycles. The highest BCUT2D eigenvalue weighted by Crippen LogP contribution is 2.24. The van der Waals surface area contributed by atoms with E-state index >= 15 is 0 Å². The number of rotatable bonds is 5. The maximum absolute atomic E-state index is 12.6. The molecule has 0 spiro atoms. The van der Waals surface area contributed by atoms with Crippen molar-refractivity contribution in [1.29, 1.82) is 0 Å². The molecule has 2 aromatic heterocycles. The van der Waals surface area contributed by atoms with Crippen LogP contribution >= 0.6 is 0 Å². The Morgan fingerprint density at radius 1 is 1.30 bits per heavy atom. The molecule has 1 fully saturated rings. The number of pyridine rings is 1. The van der Waals surface area contributed by atoms with Crippen molar-refractivity contribution in [2.45, 2.75) is 13.3 Å². The topological polar surface area (TPSA) is 113 Å². The van der Waals surface area contributed by atoms with Crippen molar-refractivity contribution in [3.05, 3.63) is 44.9 Å². The van der Waals surface area contributed by atoms with Gasteiger partial charge in [-0.1, -0.05) is 6.07 Å². The van der Waals surface area contributed by atoms with Crippen molar-refractivity contribution < 1.29 is 9.72 Å². The summed E-state index contributed by atoms with van der Waals surface area (Å²) >= 11 is 0. The lowest BCUT2D eigenvalue weighted by Crippen LogP contribution is -2.39. The molecule has 0 radical (unpaired) electrons. The number of hydrogen-bond acceptors (Lipinski definition) is 7. The first-order chi connectivity index (χ1) is 13.0. The van der Waals surface area contributed by atoms with E-state index in [2.05, 4.69) is 10.3 Å². The summed E-state index contributed by atoms with van der Waals surface area (Å²) in [6.45, 7) is 4.98. The fourth-order valence-electron chi connectivity index (χ4n) is 3.25. The van der Waals surface area contributed by atoms with Crippen LogP contribution in [0.5, 0.6) is 0 Å².